The first-order chi connectivity index (χ1) is 12.6. The molecule has 0 saturated heterocycles. The average Bonchev–Trinajstić information content (AvgIpc) is 2.97. The molecular formula is C19H18N4O3. The van der Waals surface area contributed by atoms with Crippen LogP contribution in [0.25, 0.3) is 5.69 Å². The molecule has 0 spiro atoms. The van der Waals surface area contributed by atoms with E-state index in [1.54, 1.807) is 38.3 Å². The Bertz CT molecular complexity index is 986. The van der Waals surface area contributed by atoms with Crippen LogP contribution in [-0.2, 0) is 0 Å². The number of nitrogens with zero attached hydrogens (tertiary/aromatic N) is 2. The van der Waals surface area contributed by atoms with E-state index in [-0.39, 0.29) is 11.5 Å². The van der Waals surface area contributed by atoms with Crippen LogP contribution in [0.3, 0.4) is 0 Å². The quantitative estimate of drug-likeness (QED) is 0.546. The van der Waals surface area contributed by atoms with Gasteiger partial charge in [0.1, 0.15) is 5.75 Å². The fraction of sp³-hybridized carbons (Fsp3) is 0.105. The molecule has 3 aromatic rings. The molecule has 2 aromatic carbocycles. The van der Waals surface area contributed by atoms with E-state index in [9.17, 15) is 9.59 Å². The van der Waals surface area contributed by atoms with Gasteiger partial charge in [0, 0.05) is 11.3 Å². The lowest BCUT2D eigenvalue weighted by atomic mass is 10.2. The van der Waals surface area contributed by atoms with Crippen molar-refractivity contribution < 1.29 is 9.53 Å². The number of hydrogen-bond donors (Lipinski definition) is 2. The molecule has 1 aromatic heterocycles. The third-order valence-corrected chi connectivity index (χ3v) is 3.84. The largest absolute Gasteiger partial charge is 0.497 e. The third kappa shape index (κ3) is 3.56. The maximum absolute atomic E-state index is 12.5. The van der Waals surface area contributed by atoms with Gasteiger partial charge >= 0.3 is 0 Å². The number of aromatic nitrogens is 2. The molecule has 0 aliphatic heterocycles. The highest BCUT2D eigenvalue weighted by Gasteiger charge is 2.10. The van der Waals surface area contributed by atoms with Crippen LogP contribution in [0.2, 0.25) is 0 Å². The van der Waals surface area contributed by atoms with Crippen molar-refractivity contribution in [1.82, 2.24) is 15.2 Å². The topological polar surface area (TPSA) is 88.5 Å². The van der Waals surface area contributed by atoms with Crippen LogP contribution >= 0.6 is 0 Å². The molecule has 0 aliphatic rings. The van der Waals surface area contributed by atoms with Crippen LogP contribution in [0.4, 0.5) is 0 Å². The summed E-state index contributed by atoms with van der Waals surface area (Å²) < 4.78 is 6.48. The first-order valence-corrected chi connectivity index (χ1v) is 7.94. The standard InChI is InChI=1S/C19H18N4O3/c1-13-17(19(25)23(22-13)15-6-4-3-5-7-15)12-20-21-18(24)14-8-10-16(26-2)11-9-14/h3-12,22H,1-2H3,(H,21,24). The number of ether oxygens (including phenoxy) is 1. The van der Waals surface area contributed by atoms with E-state index >= 15 is 0 Å². The lowest BCUT2D eigenvalue weighted by Crippen LogP contribution is -2.20. The maximum Gasteiger partial charge on any atom is 0.280 e. The summed E-state index contributed by atoms with van der Waals surface area (Å²) >= 11 is 0. The summed E-state index contributed by atoms with van der Waals surface area (Å²) in [7, 11) is 1.56. The van der Waals surface area contributed by atoms with Gasteiger partial charge in [-0.2, -0.15) is 5.10 Å². The summed E-state index contributed by atoms with van der Waals surface area (Å²) in [6.45, 7) is 1.77. The minimum atomic E-state index is -0.375. The van der Waals surface area contributed by atoms with Gasteiger partial charge in [0.15, 0.2) is 0 Å². The molecule has 1 amide bonds. The molecule has 1 heterocycles. The number of carbonyl (C=O) groups is 1. The second-order valence-corrected chi connectivity index (χ2v) is 5.55. The Kier molecular flexibility index (Phi) is 4.98. The predicted molar refractivity (Wildman–Crippen MR) is 99.2 cm³/mol. The van der Waals surface area contributed by atoms with Gasteiger partial charge in [0.05, 0.1) is 24.6 Å². The number of para-hydroxylation sites is 1. The van der Waals surface area contributed by atoms with Crippen LogP contribution in [-0.4, -0.2) is 29.0 Å². The fourth-order valence-electron chi connectivity index (χ4n) is 2.43. The van der Waals surface area contributed by atoms with Gasteiger partial charge in [-0.05, 0) is 43.3 Å². The normalized spacial score (nSPS) is 10.8. The lowest BCUT2D eigenvalue weighted by Gasteiger charge is -2.01. The number of carbonyl (C=O) groups excluding carboxylic acids is 1. The Hall–Kier alpha value is -3.61. The number of methoxy groups -OCH3 is 1. The second kappa shape index (κ2) is 7.52. The molecule has 0 aliphatic carbocycles. The average molecular weight is 350 g/mol. The Morgan fingerprint density at radius 1 is 1.15 bits per heavy atom. The Labute approximate surface area is 149 Å². The molecule has 2 N–H and O–H groups in total. The molecular weight excluding hydrogens is 332 g/mol. The van der Waals surface area contributed by atoms with Crippen molar-refractivity contribution in [3.05, 3.63) is 81.8 Å². The van der Waals surface area contributed by atoms with Crippen LogP contribution in [0.5, 0.6) is 5.75 Å². The number of H-pyrrole nitrogens is 1. The second-order valence-electron chi connectivity index (χ2n) is 5.55. The number of rotatable bonds is 5. The number of aryl methyl sites for hydroxylation is 1. The third-order valence-electron chi connectivity index (χ3n) is 3.84. The van der Waals surface area contributed by atoms with Crippen molar-refractivity contribution in [2.75, 3.05) is 7.11 Å². The summed E-state index contributed by atoms with van der Waals surface area (Å²) in [6, 6.07) is 15.9. The molecule has 26 heavy (non-hydrogen) atoms. The first-order valence-electron chi connectivity index (χ1n) is 7.94. The molecule has 3 rings (SSSR count). The highest BCUT2D eigenvalue weighted by atomic mass is 16.5. The predicted octanol–water partition coefficient (Wildman–Crippen LogP) is 2.25. The minimum absolute atomic E-state index is 0.240. The van der Waals surface area contributed by atoms with Crippen LogP contribution in [0, 0.1) is 6.92 Å². The van der Waals surface area contributed by atoms with Gasteiger partial charge in [-0.15, -0.1) is 0 Å². The van der Waals surface area contributed by atoms with E-state index in [0.717, 1.165) is 5.69 Å². The molecule has 0 bridgehead atoms. The van der Waals surface area contributed by atoms with Crippen molar-refractivity contribution in [3.8, 4) is 11.4 Å². The van der Waals surface area contributed by atoms with Gasteiger partial charge in [0.2, 0.25) is 0 Å². The molecule has 0 saturated carbocycles. The van der Waals surface area contributed by atoms with E-state index < -0.39 is 0 Å². The number of aromatic amines is 1. The Balaban J connectivity index is 1.75. The number of nitrogens with one attached hydrogen (secondary N) is 2. The number of hydrazone groups is 1. The van der Waals surface area contributed by atoms with E-state index in [0.29, 0.717) is 22.6 Å². The van der Waals surface area contributed by atoms with Gasteiger partial charge in [-0.1, -0.05) is 18.2 Å². The van der Waals surface area contributed by atoms with Crippen LogP contribution < -0.4 is 15.7 Å². The number of benzene rings is 2. The van der Waals surface area contributed by atoms with E-state index in [1.807, 2.05) is 30.3 Å². The SMILES string of the molecule is COc1ccc(C(=O)NN=Cc2c(C)[nH]n(-c3ccccc3)c2=O)cc1. The van der Waals surface area contributed by atoms with E-state index in [1.165, 1.54) is 10.9 Å². The van der Waals surface area contributed by atoms with Crippen LogP contribution in [0.15, 0.2) is 64.5 Å². The smallest absolute Gasteiger partial charge is 0.280 e. The van der Waals surface area contributed by atoms with Gasteiger partial charge < -0.3 is 4.74 Å². The molecule has 0 unspecified atom stereocenters. The minimum Gasteiger partial charge on any atom is -0.497 e. The zero-order valence-corrected chi connectivity index (χ0v) is 14.4. The van der Waals surface area contributed by atoms with Gasteiger partial charge in [0.25, 0.3) is 11.5 Å². The fourth-order valence-corrected chi connectivity index (χ4v) is 2.43. The van der Waals surface area contributed by atoms with Gasteiger partial charge in [-0.3, -0.25) is 14.7 Å². The highest BCUT2D eigenvalue weighted by Crippen LogP contribution is 2.11. The zero-order valence-electron chi connectivity index (χ0n) is 14.4. The summed E-state index contributed by atoms with van der Waals surface area (Å²) in [5.41, 5.74) is 4.37. The van der Waals surface area contributed by atoms with Gasteiger partial charge in [-0.25, -0.2) is 10.1 Å². The summed E-state index contributed by atoms with van der Waals surface area (Å²) in [6.07, 6.45) is 1.34. The molecule has 132 valence electrons. The van der Waals surface area contributed by atoms with Crippen molar-refractivity contribution >= 4 is 12.1 Å². The zero-order chi connectivity index (χ0) is 18.5. The van der Waals surface area contributed by atoms with Crippen molar-refractivity contribution in [3.63, 3.8) is 0 Å². The summed E-state index contributed by atoms with van der Waals surface area (Å²) in [5.74, 6) is 0.287. The Morgan fingerprint density at radius 3 is 2.50 bits per heavy atom. The molecule has 7 nitrogen and oxygen atoms in total. The van der Waals surface area contributed by atoms with E-state index in [4.69, 9.17) is 4.74 Å². The molecule has 0 atom stereocenters. The summed E-state index contributed by atoms with van der Waals surface area (Å²) in [5, 5.41) is 6.90. The lowest BCUT2D eigenvalue weighted by molar-refractivity contribution is 0.0955. The number of amides is 1. The van der Waals surface area contributed by atoms with Crippen molar-refractivity contribution in [2.24, 2.45) is 5.10 Å². The molecule has 0 radical (unpaired) electrons. The first kappa shape index (κ1) is 17.2. The molecule has 0 fully saturated rings. The highest BCUT2D eigenvalue weighted by molar-refractivity contribution is 5.95. The van der Waals surface area contributed by atoms with Crippen LogP contribution in [0.1, 0.15) is 21.6 Å². The van der Waals surface area contributed by atoms with Crippen molar-refractivity contribution in [2.45, 2.75) is 6.92 Å². The summed E-state index contributed by atoms with van der Waals surface area (Å²) in [4.78, 5) is 24.6. The maximum atomic E-state index is 12.5. The van der Waals surface area contributed by atoms with Crippen molar-refractivity contribution in [1.29, 1.82) is 0 Å². The molecule has 7 heteroatoms. The van der Waals surface area contributed by atoms with E-state index in [2.05, 4.69) is 15.6 Å². The number of hydrogen-bond acceptors (Lipinski definition) is 4. The monoisotopic (exact) mass is 350 g/mol. The Morgan fingerprint density at radius 2 is 1.85 bits per heavy atom.